The molecule has 1 amide bonds. The molecule has 4 heterocycles. The van der Waals surface area contributed by atoms with E-state index in [1.54, 1.807) is 36.3 Å². The fourth-order valence-corrected chi connectivity index (χ4v) is 9.46. The van der Waals surface area contributed by atoms with Crippen LogP contribution in [0.4, 0.5) is 17.1 Å². The molecular formula is C42H49Cl3N8O5S2. The summed E-state index contributed by atoms with van der Waals surface area (Å²) in [7, 11) is -0.510. The monoisotopic (exact) mass is 914 g/mol. The van der Waals surface area contributed by atoms with E-state index in [-0.39, 0.29) is 65.1 Å². The first-order valence-corrected chi connectivity index (χ1v) is 21.4. The third kappa shape index (κ3) is 11.9. The molecular weight excluding hydrogens is 867 g/mol. The number of fused-ring (bicyclic) bond motifs is 3. The van der Waals surface area contributed by atoms with Crippen LogP contribution in [-0.2, 0) is 23.0 Å². The first-order valence-electron chi connectivity index (χ1n) is 18.9. The first kappa shape index (κ1) is 48.2. The second-order valence-electron chi connectivity index (χ2n) is 14.6. The molecule has 0 saturated carbocycles. The molecule has 2 aliphatic rings. The van der Waals surface area contributed by atoms with Crippen molar-refractivity contribution in [1.29, 1.82) is 0 Å². The first-order chi connectivity index (χ1) is 27.5. The highest BCUT2D eigenvalue weighted by Crippen LogP contribution is 2.35. The molecule has 5 aromatic rings. The lowest BCUT2D eigenvalue weighted by atomic mass is 9.92. The maximum Gasteiger partial charge on any atom is 0.293 e. The third-order valence-corrected chi connectivity index (χ3v) is 12.9. The van der Waals surface area contributed by atoms with Crippen molar-refractivity contribution in [2.75, 3.05) is 56.2 Å². The molecule has 18 heteroatoms. The van der Waals surface area contributed by atoms with E-state index >= 15 is 0 Å². The highest BCUT2D eigenvalue weighted by Gasteiger charge is 2.33. The minimum atomic E-state index is -4.44. The van der Waals surface area contributed by atoms with E-state index < -0.39 is 20.9 Å². The van der Waals surface area contributed by atoms with Crippen molar-refractivity contribution in [3.8, 4) is 11.3 Å². The van der Waals surface area contributed by atoms with Gasteiger partial charge in [-0.2, -0.15) is 0 Å². The maximum absolute atomic E-state index is 13.5. The number of carbonyl (C=O) groups excluding carboxylic acids is 1. The van der Waals surface area contributed by atoms with Gasteiger partial charge in [0.15, 0.2) is 0 Å². The number of anilines is 2. The van der Waals surface area contributed by atoms with Gasteiger partial charge in [-0.3, -0.25) is 29.8 Å². The number of pyridine rings is 2. The maximum atomic E-state index is 13.5. The third-order valence-electron chi connectivity index (χ3n) is 10.4. The summed E-state index contributed by atoms with van der Waals surface area (Å²) in [6, 6.07) is 27.1. The molecule has 2 atom stereocenters. The van der Waals surface area contributed by atoms with Gasteiger partial charge in [-0.1, -0.05) is 24.3 Å². The number of nitro benzene ring substituents is 1. The number of hydrogen-bond donors (Lipinski definition) is 2. The van der Waals surface area contributed by atoms with Crippen LogP contribution in [0.1, 0.15) is 34.3 Å². The number of piperazine rings is 1. The highest BCUT2D eigenvalue weighted by atomic mass is 35.5. The lowest BCUT2D eigenvalue weighted by Crippen LogP contribution is -2.54. The Bertz CT molecular complexity index is 2330. The van der Waals surface area contributed by atoms with Crippen molar-refractivity contribution >= 4 is 82.0 Å². The van der Waals surface area contributed by atoms with Crippen molar-refractivity contribution in [3.05, 3.63) is 136 Å². The van der Waals surface area contributed by atoms with Gasteiger partial charge in [0.2, 0.25) is 0 Å². The lowest BCUT2D eigenvalue weighted by Gasteiger charge is -2.46. The number of thioether (sulfide) groups is 1. The van der Waals surface area contributed by atoms with Crippen LogP contribution in [0.3, 0.4) is 0 Å². The van der Waals surface area contributed by atoms with Crippen LogP contribution in [0.25, 0.3) is 11.3 Å². The van der Waals surface area contributed by atoms with Gasteiger partial charge in [0.25, 0.3) is 21.6 Å². The SMILES string of the molecule is CN(C)CC[C@H](CSc1ccccc1)Nc1ccc(S(=O)(=O)NC(=O)c2ccc3c(c2)CC[C@H]2CN(Cc4cccnc4-c4ccncc4)CCN32)cc1[N+](=O)[O-].Cl.Cl.Cl. The molecule has 0 aliphatic carbocycles. The largest absolute Gasteiger partial charge is 0.376 e. The van der Waals surface area contributed by atoms with Crippen molar-refractivity contribution in [2.45, 2.75) is 47.7 Å². The summed E-state index contributed by atoms with van der Waals surface area (Å²) < 4.78 is 29.1. The van der Waals surface area contributed by atoms with E-state index in [4.69, 9.17) is 0 Å². The summed E-state index contributed by atoms with van der Waals surface area (Å²) in [5, 5.41) is 15.5. The van der Waals surface area contributed by atoms with Gasteiger partial charge in [0.1, 0.15) is 5.69 Å². The Hall–Kier alpha value is -4.48. The number of nitrogens with zero attached hydrogens (tertiary/aromatic N) is 6. The molecule has 2 aromatic heterocycles. The molecule has 0 bridgehead atoms. The summed E-state index contributed by atoms with van der Waals surface area (Å²) in [5.74, 6) is -0.152. The molecule has 2 N–H and O–H groups in total. The van der Waals surface area contributed by atoms with E-state index in [0.29, 0.717) is 18.2 Å². The molecule has 3 aromatic carbocycles. The van der Waals surface area contributed by atoms with E-state index in [1.807, 2.05) is 79.8 Å². The second-order valence-corrected chi connectivity index (χ2v) is 17.4. The quantitative estimate of drug-likeness (QED) is 0.0604. The molecule has 1 saturated heterocycles. The van der Waals surface area contributed by atoms with Gasteiger partial charge in [0, 0.05) is 90.4 Å². The predicted octanol–water partition coefficient (Wildman–Crippen LogP) is 7.60. The Kier molecular flexibility index (Phi) is 17.6. The molecule has 60 heavy (non-hydrogen) atoms. The smallest absolute Gasteiger partial charge is 0.293 e. The number of nitrogens with one attached hydrogen (secondary N) is 2. The zero-order chi connectivity index (χ0) is 39.9. The summed E-state index contributed by atoms with van der Waals surface area (Å²) in [4.78, 5) is 41.5. The molecule has 7 rings (SSSR count). The molecule has 320 valence electrons. The van der Waals surface area contributed by atoms with Gasteiger partial charge in [-0.15, -0.1) is 49.0 Å². The predicted molar refractivity (Wildman–Crippen MR) is 246 cm³/mol. The minimum Gasteiger partial charge on any atom is -0.376 e. The Balaban J connectivity index is 0.00000265. The number of carbonyl (C=O) groups is 1. The standard InChI is InChI=1S/C42H46N8O5S2.3ClH/c1-47(2)22-18-34(29-56-36-8-4-3-5-9-36)45-38-14-13-37(26-40(38)50(52)53)57(54,55)46-42(51)32-11-15-39-31(25-32)10-12-35-28-48(23-24-49(35)39)27-33-7-6-19-44-41(33)30-16-20-43-21-17-30;;;/h3-9,11,13-17,19-21,25-26,34-35,45H,10,12,18,22-24,27-29H2,1-2H3,(H,46,51);3*1H/t34-,35+;;;/m1.../s1. The number of halogens is 3. The molecule has 0 unspecified atom stereocenters. The summed E-state index contributed by atoms with van der Waals surface area (Å²) in [5.41, 5.74) is 5.24. The number of sulfonamides is 1. The Morgan fingerprint density at radius 2 is 1.73 bits per heavy atom. The number of benzene rings is 3. The number of amides is 1. The van der Waals surface area contributed by atoms with Crippen LogP contribution >= 0.6 is 49.0 Å². The zero-order valence-electron chi connectivity index (χ0n) is 33.2. The van der Waals surface area contributed by atoms with Gasteiger partial charge in [-0.25, -0.2) is 13.1 Å². The van der Waals surface area contributed by atoms with Crippen molar-refractivity contribution in [3.63, 3.8) is 0 Å². The van der Waals surface area contributed by atoms with E-state index in [0.717, 1.165) is 79.0 Å². The summed E-state index contributed by atoms with van der Waals surface area (Å²) in [6.45, 7) is 4.08. The van der Waals surface area contributed by atoms with E-state index in [9.17, 15) is 23.3 Å². The number of hydrogen-bond acceptors (Lipinski definition) is 12. The van der Waals surface area contributed by atoms with Crippen molar-refractivity contribution in [1.82, 2.24) is 24.5 Å². The topological polar surface area (TPSA) is 154 Å². The van der Waals surface area contributed by atoms with Crippen molar-refractivity contribution in [2.24, 2.45) is 0 Å². The van der Waals surface area contributed by atoms with E-state index in [2.05, 4.69) is 35.9 Å². The average molecular weight is 916 g/mol. The van der Waals surface area contributed by atoms with Gasteiger partial charge >= 0.3 is 0 Å². The van der Waals surface area contributed by atoms with Gasteiger partial charge in [-0.05, 0) is 112 Å². The van der Waals surface area contributed by atoms with Crippen LogP contribution in [-0.4, -0.2) is 97.1 Å². The highest BCUT2D eigenvalue weighted by molar-refractivity contribution is 7.99. The van der Waals surface area contributed by atoms with E-state index in [1.165, 1.54) is 17.7 Å². The zero-order valence-corrected chi connectivity index (χ0v) is 37.3. The molecule has 0 spiro atoms. The summed E-state index contributed by atoms with van der Waals surface area (Å²) in [6.07, 6.45) is 7.72. The fourth-order valence-electron chi connectivity index (χ4n) is 7.47. The van der Waals surface area contributed by atoms with Crippen LogP contribution in [0.5, 0.6) is 0 Å². The Morgan fingerprint density at radius 3 is 2.47 bits per heavy atom. The molecule has 13 nitrogen and oxygen atoms in total. The average Bonchev–Trinajstić information content (AvgIpc) is 3.22. The van der Waals surface area contributed by atoms with Crippen LogP contribution in [0.15, 0.2) is 119 Å². The number of aryl methyl sites for hydroxylation is 1. The minimum absolute atomic E-state index is 0. The van der Waals surface area contributed by atoms with Gasteiger partial charge in [0.05, 0.1) is 15.5 Å². The van der Waals surface area contributed by atoms with Crippen molar-refractivity contribution < 1.29 is 18.1 Å². The molecule has 1 fully saturated rings. The fraction of sp³-hybridized carbons (Fsp3) is 0.310. The normalized spacial score (nSPS) is 15.2. The number of aromatic nitrogens is 2. The summed E-state index contributed by atoms with van der Waals surface area (Å²) >= 11 is 1.64. The molecule has 2 aliphatic heterocycles. The molecule has 0 radical (unpaired) electrons. The van der Waals surface area contributed by atoms with Crippen LogP contribution < -0.4 is 14.9 Å². The van der Waals surface area contributed by atoms with Gasteiger partial charge < -0.3 is 15.1 Å². The lowest BCUT2D eigenvalue weighted by molar-refractivity contribution is -0.384. The second kappa shape index (κ2) is 21.9. The Morgan fingerprint density at radius 1 is 0.967 bits per heavy atom. The van der Waals surface area contributed by atoms with Crippen LogP contribution in [0.2, 0.25) is 0 Å². The number of nitro groups is 1. The van der Waals surface area contributed by atoms with Crippen LogP contribution in [0, 0.1) is 10.1 Å². The number of rotatable bonds is 15. The Labute approximate surface area is 374 Å².